The molecule has 0 spiro atoms. The maximum atomic E-state index is 11.2. The number of nitrogens with zero attached hydrogens (tertiary/aromatic N) is 1. The molecule has 0 aliphatic carbocycles. The van der Waals surface area contributed by atoms with Crippen molar-refractivity contribution in [1.82, 2.24) is 4.98 Å². The van der Waals surface area contributed by atoms with E-state index in [0.717, 1.165) is 12.8 Å². The van der Waals surface area contributed by atoms with Gasteiger partial charge >= 0.3 is 0 Å². The van der Waals surface area contributed by atoms with Crippen LogP contribution in [-0.4, -0.2) is 17.0 Å². The van der Waals surface area contributed by atoms with Gasteiger partial charge in [-0.05, 0) is 31.9 Å². The molecule has 0 aliphatic heterocycles. The summed E-state index contributed by atoms with van der Waals surface area (Å²) in [5.74, 6) is -0.169. The summed E-state index contributed by atoms with van der Waals surface area (Å²) in [6, 6.07) is 3.30. The largest absolute Gasteiger partial charge is 0.474 e. The highest BCUT2D eigenvalue weighted by atomic mass is 16.5. The summed E-state index contributed by atoms with van der Waals surface area (Å²) in [7, 11) is 0. The predicted molar refractivity (Wildman–Crippen MR) is 67.0 cm³/mol. The Morgan fingerprint density at radius 1 is 1.53 bits per heavy atom. The number of carbonyl (C=O) groups is 1. The number of hydrogen-bond acceptors (Lipinski definition) is 3. The van der Waals surface area contributed by atoms with Gasteiger partial charge in [-0.15, -0.1) is 0 Å². The van der Waals surface area contributed by atoms with Crippen molar-refractivity contribution in [2.24, 2.45) is 5.73 Å². The van der Waals surface area contributed by atoms with Gasteiger partial charge < -0.3 is 10.5 Å². The van der Waals surface area contributed by atoms with E-state index in [1.54, 1.807) is 18.3 Å². The minimum atomic E-state index is -0.506. The smallest absolute Gasteiger partial charge is 0.254 e. The zero-order valence-electron chi connectivity index (χ0n) is 10.5. The van der Waals surface area contributed by atoms with Crippen LogP contribution >= 0.6 is 0 Å². The topological polar surface area (TPSA) is 65.2 Å². The van der Waals surface area contributed by atoms with Crippen LogP contribution in [0.3, 0.4) is 0 Å². The molecule has 0 saturated heterocycles. The van der Waals surface area contributed by atoms with Crippen LogP contribution in [0.25, 0.3) is 0 Å². The number of pyridine rings is 1. The number of amides is 1. The van der Waals surface area contributed by atoms with Crippen molar-refractivity contribution in [2.75, 3.05) is 0 Å². The van der Waals surface area contributed by atoms with Crippen LogP contribution in [0.5, 0.6) is 5.88 Å². The van der Waals surface area contributed by atoms with Crippen molar-refractivity contribution in [3.63, 3.8) is 0 Å². The van der Waals surface area contributed by atoms with Gasteiger partial charge in [0.2, 0.25) is 5.88 Å². The number of primary amides is 1. The standard InChI is InChI=1S/C13H20N2O2/c1-3-4-5-7-10(2)17-13-11(12(14)16)8-6-9-15-13/h6,8-10H,3-5,7H2,1-2H3,(H2,14,16). The lowest BCUT2D eigenvalue weighted by Gasteiger charge is -2.15. The number of hydrogen-bond donors (Lipinski definition) is 1. The lowest BCUT2D eigenvalue weighted by atomic mass is 10.1. The highest BCUT2D eigenvalue weighted by molar-refractivity contribution is 5.94. The molecule has 2 N–H and O–H groups in total. The molecule has 1 unspecified atom stereocenters. The Hall–Kier alpha value is -1.58. The molecule has 0 fully saturated rings. The zero-order chi connectivity index (χ0) is 12.7. The van der Waals surface area contributed by atoms with Crippen LogP contribution in [-0.2, 0) is 0 Å². The van der Waals surface area contributed by atoms with E-state index >= 15 is 0 Å². The van der Waals surface area contributed by atoms with Crippen LogP contribution in [0.4, 0.5) is 0 Å². The highest BCUT2D eigenvalue weighted by Gasteiger charge is 2.12. The summed E-state index contributed by atoms with van der Waals surface area (Å²) < 4.78 is 5.64. The number of unbranched alkanes of at least 4 members (excludes halogenated alkanes) is 2. The molecule has 4 heteroatoms. The highest BCUT2D eigenvalue weighted by Crippen LogP contribution is 2.17. The third-order valence-corrected chi connectivity index (χ3v) is 2.56. The fraction of sp³-hybridized carbons (Fsp3) is 0.538. The van der Waals surface area contributed by atoms with Crippen molar-refractivity contribution in [3.05, 3.63) is 23.9 Å². The summed E-state index contributed by atoms with van der Waals surface area (Å²) in [6.07, 6.45) is 6.11. The Balaban J connectivity index is 2.58. The molecule has 1 amide bonds. The van der Waals surface area contributed by atoms with Crippen molar-refractivity contribution < 1.29 is 9.53 Å². The van der Waals surface area contributed by atoms with Gasteiger partial charge in [0.15, 0.2) is 0 Å². The Morgan fingerprint density at radius 3 is 2.94 bits per heavy atom. The van der Waals surface area contributed by atoms with Crippen molar-refractivity contribution in [1.29, 1.82) is 0 Å². The molecule has 1 rings (SSSR count). The average molecular weight is 236 g/mol. The Kier molecular flexibility index (Phi) is 5.46. The monoisotopic (exact) mass is 236 g/mol. The zero-order valence-corrected chi connectivity index (χ0v) is 10.5. The number of aromatic nitrogens is 1. The molecule has 0 saturated carbocycles. The molecule has 1 aromatic heterocycles. The van der Waals surface area contributed by atoms with E-state index in [1.165, 1.54) is 12.8 Å². The van der Waals surface area contributed by atoms with E-state index in [1.807, 2.05) is 6.92 Å². The number of ether oxygens (including phenoxy) is 1. The molecular formula is C13H20N2O2. The first kappa shape index (κ1) is 13.5. The summed E-state index contributed by atoms with van der Waals surface area (Å²) >= 11 is 0. The van der Waals surface area contributed by atoms with E-state index in [0.29, 0.717) is 11.4 Å². The maximum absolute atomic E-state index is 11.2. The molecule has 1 aromatic rings. The Bertz CT molecular complexity index is 366. The Labute approximate surface area is 102 Å². The van der Waals surface area contributed by atoms with Gasteiger partial charge in [-0.25, -0.2) is 4.98 Å². The lowest BCUT2D eigenvalue weighted by Crippen LogP contribution is -2.18. The van der Waals surface area contributed by atoms with Crippen molar-refractivity contribution >= 4 is 5.91 Å². The van der Waals surface area contributed by atoms with Crippen molar-refractivity contribution in [3.8, 4) is 5.88 Å². The third kappa shape index (κ3) is 4.43. The normalized spacial score (nSPS) is 12.1. The van der Waals surface area contributed by atoms with Crippen molar-refractivity contribution in [2.45, 2.75) is 45.6 Å². The van der Waals surface area contributed by atoms with Gasteiger partial charge in [0.1, 0.15) is 5.56 Å². The van der Waals surface area contributed by atoms with Crippen LogP contribution in [0.15, 0.2) is 18.3 Å². The Morgan fingerprint density at radius 2 is 2.29 bits per heavy atom. The first-order chi connectivity index (χ1) is 8.15. The van der Waals surface area contributed by atoms with E-state index < -0.39 is 5.91 Å². The molecular weight excluding hydrogens is 216 g/mol. The molecule has 0 bridgehead atoms. The number of nitrogens with two attached hydrogens (primary N) is 1. The molecule has 0 aromatic carbocycles. The molecule has 1 atom stereocenters. The molecule has 0 aliphatic rings. The van der Waals surface area contributed by atoms with E-state index in [-0.39, 0.29) is 6.10 Å². The number of rotatable bonds is 7. The third-order valence-electron chi connectivity index (χ3n) is 2.56. The SMILES string of the molecule is CCCCCC(C)Oc1ncccc1C(N)=O. The minimum Gasteiger partial charge on any atom is -0.474 e. The van der Waals surface area contributed by atoms with Crippen LogP contribution in [0, 0.1) is 0 Å². The second-order valence-electron chi connectivity index (χ2n) is 4.14. The van der Waals surface area contributed by atoms with Gasteiger partial charge in [0, 0.05) is 6.20 Å². The van der Waals surface area contributed by atoms with E-state index in [4.69, 9.17) is 10.5 Å². The van der Waals surface area contributed by atoms with Crippen LogP contribution in [0.1, 0.15) is 49.9 Å². The second-order valence-corrected chi connectivity index (χ2v) is 4.14. The summed E-state index contributed by atoms with van der Waals surface area (Å²) in [4.78, 5) is 15.2. The summed E-state index contributed by atoms with van der Waals surface area (Å²) in [6.45, 7) is 4.14. The van der Waals surface area contributed by atoms with Gasteiger partial charge in [-0.3, -0.25) is 4.79 Å². The fourth-order valence-corrected chi connectivity index (χ4v) is 1.60. The van der Waals surface area contributed by atoms with Crippen LogP contribution in [0.2, 0.25) is 0 Å². The average Bonchev–Trinajstić information content (AvgIpc) is 2.29. The van der Waals surface area contributed by atoms with Crippen LogP contribution < -0.4 is 10.5 Å². The lowest BCUT2D eigenvalue weighted by molar-refractivity contribution is 0.0991. The van der Waals surface area contributed by atoms with E-state index in [2.05, 4.69) is 11.9 Å². The van der Waals surface area contributed by atoms with Gasteiger partial charge in [0.05, 0.1) is 6.10 Å². The predicted octanol–water partition coefficient (Wildman–Crippen LogP) is 2.53. The minimum absolute atomic E-state index is 0.0505. The maximum Gasteiger partial charge on any atom is 0.254 e. The summed E-state index contributed by atoms with van der Waals surface area (Å²) in [5, 5.41) is 0. The molecule has 17 heavy (non-hydrogen) atoms. The molecule has 1 heterocycles. The van der Waals surface area contributed by atoms with E-state index in [9.17, 15) is 4.79 Å². The molecule has 0 radical (unpaired) electrons. The molecule has 4 nitrogen and oxygen atoms in total. The fourth-order valence-electron chi connectivity index (χ4n) is 1.60. The van der Waals surface area contributed by atoms with Gasteiger partial charge in [-0.2, -0.15) is 0 Å². The molecule has 94 valence electrons. The van der Waals surface area contributed by atoms with Gasteiger partial charge in [0.25, 0.3) is 5.91 Å². The first-order valence-electron chi connectivity index (χ1n) is 6.06. The second kappa shape index (κ2) is 6.89. The summed E-state index contributed by atoms with van der Waals surface area (Å²) in [5.41, 5.74) is 5.60. The van der Waals surface area contributed by atoms with Gasteiger partial charge in [-0.1, -0.05) is 19.8 Å². The quantitative estimate of drug-likeness (QED) is 0.740. The number of carbonyl (C=O) groups excluding carboxylic acids is 1. The first-order valence-corrected chi connectivity index (χ1v) is 6.06.